The lowest BCUT2D eigenvalue weighted by Gasteiger charge is -2.35. The highest BCUT2D eigenvalue weighted by Crippen LogP contribution is 2.31. The van der Waals surface area contributed by atoms with E-state index in [4.69, 9.17) is 317 Å². The largest absolute Gasteiger partial charge is 0.477 e. The number of ketones is 2. The van der Waals surface area contributed by atoms with E-state index >= 15 is 0 Å². The molecule has 4 N–H and O–H groups in total. The molecule has 0 atom stereocenters. The Balaban J connectivity index is -0.0000000461. The number of halogens is 65. The molecule has 23 nitrogen and oxygen atoms in total. The lowest BCUT2D eigenvalue weighted by molar-refractivity contribution is -0.117. The van der Waals surface area contributed by atoms with Crippen molar-refractivity contribution in [2.24, 2.45) is 0 Å². The molecule has 3 amide bonds. The third-order valence-electron chi connectivity index (χ3n) is 12.6. The van der Waals surface area contributed by atoms with Crippen molar-refractivity contribution in [2.45, 2.75) is 65.2 Å². The number of aromatic nitrogens is 8. The third-order valence-corrected chi connectivity index (χ3v) is 12.6. The van der Waals surface area contributed by atoms with E-state index in [2.05, 4.69) is 40.3 Å². The molecule has 0 unspecified atom stereocenters. The molecule has 10 rings (SSSR count). The minimum absolute atomic E-state index is 0. The molecule has 8 aromatic rings. The minimum Gasteiger partial charge on any atom is -0.477 e. The number of hydrogen-bond acceptors (Lipinski definition) is 17. The van der Waals surface area contributed by atoms with Gasteiger partial charge in [0.05, 0.1) is 38.4 Å². The molecule has 844 valence electrons. The molecular weight excluding hydrogens is 2200 g/mol. The highest BCUT2D eigenvalue weighted by atomic mass is 20.1. The summed E-state index contributed by atoms with van der Waals surface area (Å²) in [6.45, 7) is 8.92. The number of nitrogen functional groups attached to an aromatic ring is 1. The topological polar surface area (TPSA) is 298 Å². The Morgan fingerprint density at radius 1 is 0.379 bits per heavy atom. The Morgan fingerprint density at radius 3 is 0.879 bits per heavy atom. The number of aromatic carboxylic acids is 1. The molecule has 88 heteroatoms. The number of nitrogens with two attached hydrogens (primary N) is 1. The summed E-state index contributed by atoms with van der Waals surface area (Å²) in [5.74, 6) is 0.812. The van der Waals surface area contributed by atoms with E-state index in [-0.39, 0.29) is 51.9 Å². The summed E-state index contributed by atoms with van der Waals surface area (Å²) in [7, 11) is 2.71. The summed E-state index contributed by atoms with van der Waals surface area (Å²) in [6, 6.07) is 18.5. The first-order valence-electron chi connectivity index (χ1n) is 28.3. The van der Waals surface area contributed by atoms with Crippen LogP contribution in [-0.2, 0) is 31.9 Å². The smallest absolute Gasteiger partial charge is 0.409 e. The molecule has 6 aromatic heterocycles. The average Bonchev–Trinajstić information content (AvgIpc) is 1.65. The fourth-order valence-corrected chi connectivity index (χ4v) is 8.04. The predicted octanol–water partition coefficient (Wildman–Crippen LogP) is 34.0. The van der Waals surface area contributed by atoms with Crippen molar-refractivity contribution in [2.75, 3.05) is 51.4 Å². The van der Waals surface area contributed by atoms with Crippen LogP contribution in [0.3, 0.4) is 0 Å². The summed E-state index contributed by atoms with van der Waals surface area (Å²) >= 11 is 0. The number of amides is 3. The predicted molar refractivity (Wildman–Crippen MR) is 344 cm³/mol. The molecule has 2 saturated heterocycles. The number of methoxy groups -OCH3 is 2. The first-order valence-corrected chi connectivity index (χ1v) is 28.3. The molecule has 140 heavy (non-hydrogen) atoms. The van der Waals surface area contributed by atoms with Gasteiger partial charge in [-0.3, -0.25) is 18.3 Å². The summed E-state index contributed by atoms with van der Waals surface area (Å²) < 4.78 is 535. The fraction of sp³-hybridized carbons (Fsp3) is 0.308. The van der Waals surface area contributed by atoms with Crippen molar-refractivity contribution >= 4 is 58.3 Å². The Labute approximate surface area is 727 Å². The minimum atomic E-state index is -1.01. The van der Waals surface area contributed by atoms with Crippen molar-refractivity contribution in [3.8, 4) is 22.8 Å². The number of nitrogens with one attached hydrogen (secondary N) is 1. The normalized spacial score (nSPS) is 8.44. The number of aryl methyl sites for hydroxylation is 4. The number of carbonyl (C=O) groups excluding carboxylic acids is 5. The van der Waals surface area contributed by atoms with Gasteiger partial charge in [-0.2, -0.15) is 9.97 Å². The molecule has 0 aliphatic carbocycles. The van der Waals surface area contributed by atoms with Gasteiger partial charge >= 0.3 is 18.2 Å². The van der Waals surface area contributed by atoms with E-state index in [0.29, 0.717) is 109 Å². The van der Waals surface area contributed by atoms with Gasteiger partial charge in [0.1, 0.15) is 28.6 Å². The zero-order valence-corrected chi connectivity index (χ0v) is 66.6. The van der Waals surface area contributed by atoms with Crippen LogP contribution < -0.4 is 11.1 Å². The molecule has 2 fully saturated rings. The standard InChI is InChI=1S/C26H26N6O5.C14H16N4O3.C12H12N2O3.32F2.FH/c1-15-4-8-18(23-29-25(37-30-23)19-13-31(14-19)26(35)36-3)10-20(15)28-24(34)21-11-27-22-9-7-17(12-32(21)22)6-5-16(2)33;1-8-3-4-9(5-11(8)15)12-16-13(21-17-12)10-6-18(7-10)14(19)20-2;1-8(15)2-3-9-4-5-11-13-6-10(12(16)17)14(11)7-9;32*1-2;/h4,7-12,19H,5-6,13-14H2,1-3H3,(H,28,34);3-5,10H,6-7,15H2,1-2H3;4-7H,2-3H2,1H3,(H,16,17);;;;;;;;;;;;;;;;;;;;;;;;;;;;;;;;;1H. The quantitative estimate of drug-likeness (QED) is 0.0713. The van der Waals surface area contributed by atoms with Gasteiger partial charge in [0.25, 0.3) is 5.91 Å². The maximum atomic E-state index is 13.2. The average molecular weight is 2260 g/mol. The molecule has 8 heterocycles. The number of pyridine rings is 2. The summed E-state index contributed by atoms with van der Waals surface area (Å²) in [6.07, 6.45) is 7.81. The number of benzene rings is 2. The van der Waals surface area contributed by atoms with Crippen molar-refractivity contribution < 1.29 is 350 Å². The van der Waals surface area contributed by atoms with Gasteiger partial charge in [-0.15, -0.1) is 0 Å². The Morgan fingerprint density at radius 2 is 0.629 bits per heavy atom. The number of fused-ring (bicyclic) bond motifs is 2. The molecule has 2 aromatic carbocycles. The number of carboxylic acid groups (broad SMARTS) is 1. The van der Waals surface area contributed by atoms with E-state index in [1.54, 1.807) is 46.4 Å². The number of anilines is 2. The number of Topliss-reactive ketones (excluding diaryl/α,β-unsaturated/α-hetero) is 2. The van der Waals surface area contributed by atoms with Gasteiger partial charge in [0.2, 0.25) is 23.4 Å². The number of rotatable bonds is 13. The zero-order valence-electron chi connectivity index (χ0n) is 66.6. The highest BCUT2D eigenvalue weighted by molar-refractivity contribution is 6.04. The van der Waals surface area contributed by atoms with Crippen molar-refractivity contribution in [1.82, 2.24) is 48.9 Å². The first-order chi connectivity index (χ1) is 68.0. The van der Waals surface area contributed by atoms with Crippen LogP contribution in [0.2, 0.25) is 0 Å². The Kier molecular flexibility index (Phi) is 255. The van der Waals surface area contributed by atoms with Crippen molar-refractivity contribution in [1.29, 1.82) is 0 Å². The number of hydrogen-bond donors (Lipinski definition) is 3. The Hall–Kier alpha value is -13.8. The maximum Gasteiger partial charge on any atom is 0.409 e. The molecular formula is C52H55F65N12O11. The van der Waals surface area contributed by atoms with E-state index in [0.717, 1.165) is 27.8 Å². The number of ether oxygens (including phenoxy) is 2. The van der Waals surface area contributed by atoms with E-state index in [1.165, 1.54) is 31.0 Å². The summed E-state index contributed by atoms with van der Waals surface area (Å²) in [4.78, 5) is 89.6. The third kappa shape index (κ3) is 95.9. The monoisotopic (exact) mass is 2260 g/mol. The van der Waals surface area contributed by atoms with Gasteiger partial charge in [0.15, 0.2) is 5.69 Å². The van der Waals surface area contributed by atoms with Crippen LogP contribution in [0.4, 0.5) is 318 Å². The van der Waals surface area contributed by atoms with Crippen molar-refractivity contribution in [3.05, 3.63) is 131 Å². The fourth-order valence-electron chi connectivity index (χ4n) is 8.04. The molecule has 2 aliphatic rings. The molecule has 2 aliphatic heterocycles. The maximum absolute atomic E-state index is 13.2. The molecule has 0 bridgehead atoms. The zero-order chi connectivity index (χ0) is 118. The lowest BCUT2D eigenvalue weighted by atomic mass is 10.0. The van der Waals surface area contributed by atoms with Crippen molar-refractivity contribution in [3.63, 3.8) is 0 Å². The second-order valence-electron chi connectivity index (χ2n) is 18.1. The van der Waals surface area contributed by atoms with Crippen LogP contribution in [0.25, 0.3) is 34.1 Å². The van der Waals surface area contributed by atoms with Crippen LogP contribution in [-0.4, -0.2) is 130 Å². The Bertz CT molecular complexity index is 3580. The number of imidazole rings is 2. The van der Waals surface area contributed by atoms with Crippen LogP contribution in [0.5, 0.6) is 0 Å². The van der Waals surface area contributed by atoms with Crippen LogP contribution >= 0.6 is 0 Å². The summed E-state index contributed by atoms with van der Waals surface area (Å²) in [5.41, 5.74) is 14.2. The molecule has 0 saturated carbocycles. The number of likely N-dealkylation sites (tertiary alicyclic amines) is 2. The summed E-state index contributed by atoms with van der Waals surface area (Å²) in [5, 5.41) is 20.0. The number of carboxylic acids is 1. The number of carbonyl (C=O) groups is 6. The first kappa shape index (κ1) is 197. The second kappa shape index (κ2) is 181. The second-order valence-corrected chi connectivity index (χ2v) is 18.1. The number of nitrogens with zero attached hydrogens (tertiary/aromatic N) is 10. The lowest BCUT2D eigenvalue weighted by Crippen LogP contribution is -2.48. The SMILES string of the molecule is CC(=O)CCc1ccc2ncc(C(=O)O)n2c1.COC(=O)N1CC(c2nc(-c3ccc(C)c(N)c3)no2)C1.COC(=O)N1CC(c2nc(-c3ccc(C)c(NC(=O)c4cnc5ccc(CCC(C)=O)cn45)c3)no2)C1.F.FF.FF.FF.FF.FF.FF.FF.FF.FF.FF.FF.FF.FF.FF.FF.FF.FF.FF.FF.FF.FF.FF.FF.FF.FF.FF.FF.FF.FF.FF.FF.FF. The van der Waals surface area contributed by atoms with Gasteiger partial charge in [-0.1, -0.05) is 46.7 Å². The van der Waals surface area contributed by atoms with E-state index in [1.807, 2.05) is 68.6 Å². The highest BCUT2D eigenvalue weighted by Gasteiger charge is 2.37. The van der Waals surface area contributed by atoms with Crippen LogP contribution in [0, 0.1) is 13.8 Å². The van der Waals surface area contributed by atoms with Gasteiger partial charge < -0.3 is 54.1 Å². The van der Waals surface area contributed by atoms with E-state index in [9.17, 15) is 28.8 Å². The van der Waals surface area contributed by atoms with Crippen LogP contribution in [0.1, 0.15) is 93.5 Å². The van der Waals surface area contributed by atoms with Gasteiger partial charge in [-0.05, 0) is 87.1 Å². The van der Waals surface area contributed by atoms with Gasteiger partial charge in [0, 0.05) is 367 Å². The van der Waals surface area contributed by atoms with Crippen LogP contribution in [0.15, 0.2) is 94.5 Å². The molecule has 0 spiro atoms. The molecule has 0 radical (unpaired) electrons. The van der Waals surface area contributed by atoms with Gasteiger partial charge in [-0.25, -0.2) is 24.4 Å². The van der Waals surface area contributed by atoms with E-state index < -0.39 is 5.97 Å².